The van der Waals surface area contributed by atoms with Gasteiger partial charge in [-0.05, 0) is 5.92 Å². The molecule has 104 valence electrons. The van der Waals surface area contributed by atoms with Crippen molar-refractivity contribution in [2.24, 2.45) is 11.7 Å². The standard InChI is InChI=1S/C11H17F3N2OS/c1-3-7(2)10(15)8-5-18-9(16-8)4-17-6-11(12,13)14/h5,7,10H,3-4,6,15H2,1-2H3. The maximum absolute atomic E-state index is 11.9. The Labute approximate surface area is 108 Å². The fourth-order valence-electron chi connectivity index (χ4n) is 1.34. The van der Waals surface area contributed by atoms with Crippen LogP contribution < -0.4 is 5.73 Å². The minimum absolute atomic E-state index is 0.128. The van der Waals surface area contributed by atoms with Crippen LogP contribution in [0.25, 0.3) is 0 Å². The van der Waals surface area contributed by atoms with Gasteiger partial charge in [-0.1, -0.05) is 20.3 Å². The molecule has 0 aliphatic heterocycles. The molecule has 0 spiro atoms. The van der Waals surface area contributed by atoms with Gasteiger partial charge >= 0.3 is 6.18 Å². The topological polar surface area (TPSA) is 48.1 Å². The SMILES string of the molecule is CCC(C)C(N)c1csc(COCC(F)(F)F)n1. The van der Waals surface area contributed by atoms with Crippen molar-refractivity contribution >= 4 is 11.3 Å². The van der Waals surface area contributed by atoms with E-state index < -0.39 is 12.8 Å². The van der Waals surface area contributed by atoms with E-state index in [0.29, 0.717) is 5.01 Å². The van der Waals surface area contributed by atoms with Gasteiger partial charge in [-0.2, -0.15) is 13.2 Å². The molecule has 0 saturated carbocycles. The summed E-state index contributed by atoms with van der Waals surface area (Å²) >= 11 is 1.27. The van der Waals surface area contributed by atoms with Crippen LogP contribution in [-0.2, 0) is 11.3 Å². The fraction of sp³-hybridized carbons (Fsp3) is 0.727. The fourth-order valence-corrected chi connectivity index (χ4v) is 2.12. The van der Waals surface area contributed by atoms with Crippen LogP contribution >= 0.6 is 11.3 Å². The Kier molecular flexibility index (Phi) is 5.55. The van der Waals surface area contributed by atoms with Crippen molar-refractivity contribution in [3.63, 3.8) is 0 Å². The van der Waals surface area contributed by atoms with Gasteiger partial charge in [0.15, 0.2) is 0 Å². The first-order valence-corrected chi connectivity index (χ1v) is 6.55. The van der Waals surface area contributed by atoms with Gasteiger partial charge in [0.05, 0.1) is 18.3 Å². The van der Waals surface area contributed by atoms with E-state index in [2.05, 4.69) is 9.72 Å². The molecule has 1 heterocycles. The largest absolute Gasteiger partial charge is 0.411 e. The van der Waals surface area contributed by atoms with Crippen molar-refractivity contribution in [3.05, 3.63) is 16.1 Å². The average molecular weight is 282 g/mol. The number of ether oxygens (including phenoxy) is 1. The number of hydrogen-bond acceptors (Lipinski definition) is 4. The van der Waals surface area contributed by atoms with Crippen LogP contribution in [0.15, 0.2) is 5.38 Å². The lowest BCUT2D eigenvalue weighted by molar-refractivity contribution is -0.176. The zero-order chi connectivity index (χ0) is 13.8. The van der Waals surface area contributed by atoms with Gasteiger partial charge in [0.1, 0.15) is 11.6 Å². The van der Waals surface area contributed by atoms with Gasteiger partial charge in [0.2, 0.25) is 0 Å². The third-order valence-corrected chi connectivity index (χ3v) is 3.50. The van der Waals surface area contributed by atoms with E-state index >= 15 is 0 Å². The molecule has 0 aromatic carbocycles. The molecule has 7 heteroatoms. The number of nitrogens with zero attached hydrogens (tertiary/aromatic N) is 1. The van der Waals surface area contributed by atoms with Gasteiger partial charge in [0, 0.05) is 5.38 Å². The van der Waals surface area contributed by atoms with E-state index in [1.807, 2.05) is 13.8 Å². The lowest BCUT2D eigenvalue weighted by Crippen LogP contribution is -2.19. The van der Waals surface area contributed by atoms with Crippen molar-refractivity contribution < 1.29 is 17.9 Å². The molecule has 1 aromatic rings. The number of thiazole rings is 1. The Morgan fingerprint density at radius 1 is 1.50 bits per heavy atom. The molecule has 1 aromatic heterocycles. The molecule has 2 atom stereocenters. The second kappa shape index (κ2) is 6.49. The Bertz CT molecular complexity index is 367. The van der Waals surface area contributed by atoms with Crippen LogP contribution in [0.5, 0.6) is 0 Å². The highest BCUT2D eigenvalue weighted by Crippen LogP contribution is 2.24. The summed E-state index contributed by atoms with van der Waals surface area (Å²) < 4.78 is 40.2. The molecule has 0 saturated heterocycles. The van der Waals surface area contributed by atoms with E-state index in [1.165, 1.54) is 11.3 Å². The van der Waals surface area contributed by atoms with Crippen molar-refractivity contribution in [3.8, 4) is 0 Å². The maximum Gasteiger partial charge on any atom is 0.411 e. The molecular formula is C11H17F3N2OS. The normalized spacial score (nSPS) is 15.7. The third-order valence-electron chi connectivity index (χ3n) is 2.66. The van der Waals surface area contributed by atoms with Crippen LogP contribution in [0.4, 0.5) is 13.2 Å². The first kappa shape index (κ1) is 15.4. The number of nitrogens with two attached hydrogens (primary N) is 1. The van der Waals surface area contributed by atoms with Crippen LogP contribution in [0, 0.1) is 5.92 Å². The summed E-state index contributed by atoms with van der Waals surface area (Å²) in [6, 6.07) is -0.178. The second-order valence-corrected chi connectivity index (χ2v) is 5.13. The molecule has 18 heavy (non-hydrogen) atoms. The van der Waals surface area contributed by atoms with Gasteiger partial charge in [0.25, 0.3) is 0 Å². The molecule has 0 bridgehead atoms. The zero-order valence-electron chi connectivity index (χ0n) is 10.3. The van der Waals surface area contributed by atoms with Crippen molar-refractivity contribution in [1.82, 2.24) is 4.98 Å². The monoisotopic (exact) mass is 282 g/mol. The van der Waals surface area contributed by atoms with Crippen LogP contribution in [0.2, 0.25) is 0 Å². The highest BCUT2D eigenvalue weighted by atomic mass is 32.1. The Balaban J connectivity index is 2.48. The first-order valence-electron chi connectivity index (χ1n) is 5.68. The maximum atomic E-state index is 11.9. The summed E-state index contributed by atoms with van der Waals surface area (Å²) in [5.74, 6) is 0.288. The highest BCUT2D eigenvalue weighted by molar-refractivity contribution is 7.09. The summed E-state index contributed by atoms with van der Waals surface area (Å²) in [6.45, 7) is 2.67. The zero-order valence-corrected chi connectivity index (χ0v) is 11.1. The quantitative estimate of drug-likeness (QED) is 0.871. The number of halogens is 3. The highest BCUT2D eigenvalue weighted by Gasteiger charge is 2.27. The number of aromatic nitrogens is 1. The Morgan fingerprint density at radius 2 is 2.17 bits per heavy atom. The average Bonchev–Trinajstić information content (AvgIpc) is 2.74. The molecule has 2 N–H and O–H groups in total. The predicted octanol–water partition coefficient (Wildman–Crippen LogP) is 3.27. The Morgan fingerprint density at radius 3 is 2.72 bits per heavy atom. The molecule has 0 amide bonds. The van der Waals surface area contributed by atoms with E-state index in [4.69, 9.17) is 5.73 Å². The van der Waals surface area contributed by atoms with Crippen molar-refractivity contribution in [2.45, 2.75) is 39.1 Å². The van der Waals surface area contributed by atoms with Gasteiger partial charge in [-0.15, -0.1) is 11.3 Å². The van der Waals surface area contributed by atoms with E-state index in [1.54, 1.807) is 5.38 Å². The van der Waals surface area contributed by atoms with Crippen LogP contribution in [-0.4, -0.2) is 17.8 Å². The predicted molar refractivity (Wildman–Crippen MR) is 64.2 cm³/mol. The molecule has 1 rings (SSSR count). The summed E-state index contributed by atoms with van der Waals surface area (Å²) in [4.78, 5) is 4.20. The van der Waals surface area contributed by atoms with E-state index in [-0.39, 0.29) is 18.6 Å². The van der Waals surface area contributed by atoms with Crippen LogP contribution in [0.1, 0.15) is 37.0 Å². The van der Waals surface area contributed by atoms with E-state index in [0.717, 1.165) is 12.1 Å². The van der Waals surface area contributed by atoms with Crippen molar-refractivity contribution in [1.29, 1.82) is 0 Å². The van der Waals surface area contributed by atoms with E-state index in [9.17, 15) is 13.2 Å². The number of alkyl halides is 3. The molecule has 0 aliphatic rings. The van der Waals surface area contributed by atoms with Crippen molar-refractivity contribution in [2.75, 3.05) is 6.61 Å². The molecule has 2 unspecified atom stereocenters. The first-order chi connectivity index (χ1) is 8.33. The Hall–Kier alpha value is -0.660. The second-order valence-electron chi connectivity index (χ2n) is 4.19. The molecule has 0 fully saturated rings. The summed E-state index contributed by atoms with van der Waals surface area (Å²) in [7, 11) is 0. The van der Waals surface area contributed by atoms with Gasteiger partial charge in [-0.25, -0.2) is 4.98 Å². The molecule has 3 nitrogen and oxygen atoms in total. The smallest absolute Gasteiger partial charge is 0.365 e. The lowest BCUT2D eigenvalue weighted by atomic mass is 9.98. The number of rotatable bonds is 6. The minimum Gasteiger partial charge on any atom is -0.365 e. The number of hydrogen-bond donors (Lipinski definition) is 1. The lowest BCUT2D eigenvalue weighted by Gasteiger charge is -2.15. The summed E-state index contributed by atoms with van der Waals surface area (Å²) in [5, 5.41) is 2.30. The summed E-state index contributed by atoms with van der Waals surface area (Å²) in [5.41, 5.74) is 6.71. The van der Waals surface area contributed by atoms with Crippen LogP contribution in [0.3, 0.4) is 0 Å². The molecule has 0 aliphatic carbocycles. The summed E-state index contributed by atoms with van der Waals surface area (Å²) in [6.07, 6.45) is -3.37. The molecule has 0 radical (unpaired) electrons. The minimum atomic E-state index is -4.30. The van der Waals surface area contributed by atoms with Gasteiger partial charge < -0.3 is 10.5 Å². The van der Waals surface area contributed by atoms with Gasteiger partial charge in [-0.3, -0.25) is 0 Å². The third kappa shape index (κ3) is 4.91. The molecular weight excluding hydrogens is 265 g/mol.